The van der Waals surface area contributed by atoms with E-state index in [4.69, 9.17) is 0 Å². The van der Waals surface area contributed by atoms with Gasteiger partial charge in [-0.2, -0.15) is 0 Å². The van der Waals surface area contributed by atoms with Crippen LogP contribution in [0, 0.1) is 35.0 Å². The molecule has 0 aromatic rings. The van der Waals surface area contributed by atoms with E-state index in [0.29, 0.717) is 23.4 Å². The van der Waals surface area contributed by atoms with Crippen molar-refractivity contribution in [3.8, 4) is 0 Å². The Morgan fingerprint density at radius 2 is 1.75 bits per heavy atom. The molecule has 0 radical (unpaired) electrons. The Morgan fingerprint density at radius 3 is 2.60 bits per heavy atom. The Labute approximate surface area is 121 Å². The van der Waals surface area contributed by atoms with Crippen LogP contribution >= 0.6 is 0 Å². The Balaban J connectivity index is 1.59. The maximum Gasteiger partial charge on any atom is 0.139 e. The molecule has 0 N–H and O–H groups in total. The number of hydrogen-bond donors (Lipinski definition) is 0. The van der Waals surface area contributed by atoms with Gasteiger partial charge in [0.25, 0.3) is 0 Å². The van der Waals surface area contributed by atoms with Crippen molar-refractivity contribution in [1.29, 1.82) is 0 Å². The average molecular weight is 274 g/mol. The van der Waals surface area contributed by atoms with Crippen molar-refractivity contribution in [3.05, 3.63) is 0 Å². The minimum Gasteiger partial charge on any atom is -0.300 e. The second-order valence-electron chi connectivity index (χ2n) is 8.13. The van der Waals surface area contributed by atoms with Crippen LogP contribution in [0.3, 0.4) is 0 Å². The lowest BCUT2D eigenvalue weighted by atomic mass is 9.50. The summed E-state index contributed by atoms with van der Waals surface area (Å²) in [4.78, 5) is 24.0. The zero-order valence-electron chi connectivity index (χ0n) is 12.6. The van der Waals surface area contributed by atoms with Crippen molar-refractivity contribution in [2.24, 2.45) is 35.0 Å². The van der Waals surface area contributed by atoms with Gasteiger partial charge in [0.05, 0.1) is 0 Å². The Morgan fingerprint density at radius 1 is 0.900 bits per heavy atom. The second kappa shape index (κ2) is 4.42. The summed E-state index contributed by atoms with van der Waals surface area (Å²) in [6.07, 6.45) is 9.70. The van der Waals surface area contributed by atoms with Gasteiger partial charge in [-0.3, -0.25) is 9.59 Å². The minimum absolute atomic E-state index is 0.0124. The standard InChI is InChI=1S/C18H26O2/c1-18-9-8-14-13-5-3-12(19)10-11(13)2-4-15(14)16(18)6-7-17(18)20/h11,13-16H,2-10H2,1H3/t11-,13+,14-,15-,16?,18+/m1/s1. The summed E-state index contributed by atoms with van der Waals surface area (Å²) in [5.74, 6) is 4.79. The van der Waals surface area contributed by atoms with E-state index >= 15 is 0 Å². The molecule has 0 spiro atoms. The van der Waals surface area contributed by atoms with Gasteiger partial charge in [-0.15, -0.1) is 0 Å². The monoisotopic (exact) mass is 274 g/mol. The molecular formula is C18H26O2. The predicted octanol–water partition coefficient (Wildman–Crippen LogP) is 3.78. The molecule has 0 heterocycles. The number of rotatable bonds is 0. The van der Waals surface area contributed by atoms with E-state index < -0.39 is 0 Å². The first-order valence-electron chi connectivity index (χ1n) is 8.64. The molecule has 1 unspecified atom stereocenters. The molecule has 2 nitrogen and oxygen atoms in total. The van der Waals surface area contributed by atoms with Crippen LogP contribution in [0.4, 0.5) is 0 Å². The topological polar surface area (TPSA) is 34.1 Å². The fourth-order valence-corrected chi connectivity index (χ4v) is 6.43. The summed E-state index contributed by atoms with van der Waals surface area (Å²) in [5.41, 5.74) is 0.0124. The highest BCUT2D eigenvalue weighted by molar-refractivity contribution is 5.87. The van der Waals surface area contributed by atoms with Crippen LogP contribution in [-0.4, -0.2) is 11.6 Å². The molecule has 4 rings (SSSR count). The van der Waals surface area contributed by atoms with Crippen LogP contribution < -0.4 is 0 Å². The van der Waals surface area contributed by atoms with Gasteiger partial charge in [-0.1, -0.05) is 6.92 Å². The lowest BCUT2D eigenvalue weighted by Crippen LogP contribution is -2.48. The molecule has 0 bridgehead atoms. The molecule has 20 heavy (non-hydrogen) atoms. The van der Waals surface area contributed by atoms with Crippen LogP contribution in [0.1, 0.15) is 64.7 Å². The first-order chi connectivity index (χ1) is 9.59. The highest BCUT2D eigenvalue weighted by Crippen LogP contribution is 2.61. The van der Waals surface area contributed by atoms with Crippen molar-refractivity contribution in [2.75, 3.05) is 0 Å². The van der Waals surface area contributed by atoms with Crippen molar-refractivity contribution < 1.29 is 9.59 Å². The van der Waals surface area contributed by atoms with E-state index in [1.54, 1.807) is 0 Å². The SMILES string of the molecule is C[C@]12CC[C@@H]3[C@H]4CCC(=O)C[C@H]4CC[C@H]3C1CCC2=O. The molecule has 110 valence electrons. The van der Waals surface area contributed by atoms with Crippen LogP contribution in [-0.2, 0) is 9.59 Å². The summed E-state index contributed by atoms with van der Waals surface area (Å²) in [6.45, 7) is 2.25. The number of carbonyl (C=O) groups is 2. The predicted molar refractivity (Wildman–Crippen MR) is 77.1 cm³/mol. The van der Waals surface area contributed by atoms with Crippen LogP contribution in [0.5, 0.6) is 0 Å². The summed E-state index contributed by atoms with van der Waals surface area (Å²) < 4.78 is 0. The molecule has 4 fully saturated rings. The summed E-state index contributed by atoms with van der Waals surface area (Å²) in [5, 5.41) is 0. The van der Waals surface area contributed by atoms with Crippen LogP contribution in [0.25, 0.3) is 0 Å². The van der Waals surface area contributed by atoms with Gasteiger partial charge >= 0.3 is 0 Å². The number of carbonyl (C=O) groups excluding carboxylic acids is 2. The Hall–Kier alpha value is -0.660. The molecule has 6 atom stereocenters. The van der Waals surface area contributed by atoms with Gasteiger partial charge in [0.1, 0.15) is 11.6 Å². The molecule has 4 saturated carbocycles. The lowest BCUT2D eigenvalue weighted by Gasteiger charge is -2.53. The van der Waals surface area contributed by atoms with Gasteiger partial charge in [0.2, 0.25) is 0 Å². The normalized spacial score (nSPS) is 51.4. The Bertz CT molecular complexity index is 454. The first kappa shape index (κ1) is 13.0. The maximum absolute atomic E-state index is 12.3. The van der Waals surface area contributed by atoms with Gasteiger partial charge in [-0.25, -0.2) is 0 Å². The maximum atomic E-state index is 12.3. The van der Waals surface area contributed by atoms with E-state index in [9.17, 15) is 9.59 Å². The van der Waals surface area contributed by atoms with Crippen LogP contribution in [0.2, 0.25) is 0 Å². The summed E-state index contributed by atoms with van der Waals surface area (Å²) >= 11 is 0. The third-order valence-corrected chi connectivity index (χ3v) is 7.47. The molecule has 0 aromatic heterocycles. The molecule has 2 heteroatoms. The molecule has 4 aliphatic rings. The molecule has 0 saturated heterocycles. The van der Waals surface area contributed by atoms with E-state index in [0.717, 1.165) is 56.3 Å². The fraction of sp³-hybridized carbons (Fsp3) is 0.889. The first-order valence-corrected chi connectivity index (χ1v) is 8.64. The van der Waals surface area contributed by atoms with Crippen molar-refractivity contribution in [2.45, 2.75) is 64.7 Å². The zero-order chi connectivity index (χ0) is 13.9. The lowest BCUT2D eigenvalue weighted by molar-refractivity contribution is -0.134. The second-order valence-corrected chi connectivity index (χ2v) is 8.13. The molecule has 4 aliphatic carbocycles. The van der Waals surface area contributed by atoms with Crippen molar-refractivity contribution in [1.82, 2.24) is 0 Å². The van der Waals surface area contributed by atoms with E-state index in [1.165, 1.54) is 19.3 Å². The quantitative estimate of drug-likeness (QED) is 0.673. The number of ketones is 2. The van der Waals surface area contributed by atoms with E-state index in [2.05, 4.69) is 6.92 Å². The van der Waals surface area contributed by atoms with Crippen molar-refractivity contribution in [3.63, 3.8) is 0 Å². The minimum atomic E-state index is 0.0124. The molecular weight excluding hydrogens is 248 g/mol. The van der Waals surface area contributed by atoms with Gasteiger partial charge in [-0.05, 0) is 68.1 Å². The van der Waals surface area contributed by atoms with Gasteiger partial charge in [0.15, 0.2) is 0 Å². The van der Waals surface area contributed by atoms with E-state index in [-0.39, 0.29) is 5.41 Å². The molecule has 0 aliphatic heterocycles. The number of hydrogen-bond acceptors (Lipinski definition) is 2. The zero-order valence-corrected chi connectivity index (χ0v) is 12.6. The molecule has 0 aromatic carbocycles. The largest absolute Gasteiger partial charge is 0.300 e. The fourth-order valence-electron chi connectivity index (χ4n) is 6.43. The smallest absolute Gasteiger partial charge is 0.139 e. The van der Waals surface area contributed by atoms with Crippen LogP contribution in [0.15, 0.2) is 0 Å². The summed E-state index contributed by atoms with van der Waals surface area (Å²) in [6, 6.07) is 0. The Kier molecular flexibility index (Phi) is 2.88. The van der Waals surface area contributed by atoms with E-state index in [1.807, 2.05) is 0 Å². The third kappa shape index (κ3) is 1.69. The van der Waals surface area contributed by atoms with Gasteiger partial charge in [0, 0.05) is 24.7 Å². The summed E-state index contributed by atoms with van der Waals surface area (Å²) in [7, 11) is 0. The highest BCUT2D eigenvalue weighted by Gasteiger charge is 2.56. The third-order valence-electron chi connectivity index (χ3n) is 7.47. The number of fused-ring (bicyclic) bond motifs is 5. The van der Waals surface area contributed by atoms with Gasteiger partial charge < -0.3 is 0 Å². The highest BCUT2D eigenvalue weighted by atomic mass is 16.1. The van der Waals surface area contributed by atoms with Crippen molar-refractivity contribution >= 4 is 11.6 Å². The molecule has 0 amide bonds. The number of Topliss-reactive ketones (excluding diaryl/α,β-unsaturated/α-hetero) is 2. The average Bonchev–Trinajstić information content (AvgIpc) is 2.74.